The van der Waals surface area contributed by atoms with Crippen molar-refractivity contribution in [1.29, 1.82) is 5.26 Å². The van der Waals surface area contributed by atoms with Crippen LogP contribution < -0.4 is 0 Å². The number of fused-ring (bicyclic) bond motifs is 1. The van der Waals surface area contributed by atoms with E-state index < -0.39 is 0 Å². The fourth-order valence-electron chi connectivity index (χ4n) is 1.89. The zero-order chi connectivity index (χ0) is 11.1. The molecule has 6 heteroatoms. The van der Waals surface area contributed by atoms with Crippen LogP contribution in [-0.2, 0) is 4.74 Å². The Morgan fingerprint density at radius 2 is 2.50 bits per heavy atom. The summed E-state index contributed by atoms with van der Waals surface area (Å²) < 4.78 is 7.19. The molecule has 1 unspecified atom stereocenters. The van der Waals surface area contributed by atoms with Gasteiger partial charge in [0.25, 0.3) is 0 Å². The minimum absolute atomic E-state index is 0.0959. The molecule has 16 heavy (non-hydrogen) atoms. The molecule has 0 saturated carbocycles. The van der Waals surface area contributed by atoms with Gasteiger partial charge in [-0.3, -0.25) is 0 Å². The Kier molecular flexibility index (Phi) is 2.16. The van der Waals surface area contributed by atoms with Gasteiger partial charge >= 0.3 is 0 Å². The number of aryl methyl sites for hydroxylation is 1. The maximum absolute atomic E-state index is 9.00. The lowest BCUT2D eigenvalue weighted by molar-refractivity contribution is 0.111. The third-order valence-electron chi connectivity index (χ3n) is 2.70. The first-order valence-corrected chi connectivity index (χ1v) is 5.99. The largest absolute Gasteiger partial charge is 0.371 e. The number of rotatable bonds is 1. The summed E-state index contributed by atoms with van der Waals surface area (Å²) in [6, 6.07) is 2.13. The van der Waals surface area contributed by atoms with Gasteiger partial charge in [0.05, 0.1) is 5.69 Å². The average molecular weight is 234 g/mol. The minimum atomic E-state index is 0.0959. The Balaban J connectivity index is 2.10. The standard InChI is InChI=1S/C10H10N4OS/c1-6-7(5-11)14-10(12-6)16-9(13-14)8-3-2-4-15-8/h8H,2-4H2,1H3. The van der Waals surface area contributed by atoms with Gasteiger partial charge in [-0.15, -0.1) is 0 Å². The summed E-state index contributed by atoms with van der Waals surface area (Å²) in [5.74, 6) is 0. The molecule has 0 aromatic carbocycles. The summed E-state index contributed by atoms with van der Waals surface area (Å²) in [7, 11) is 0. The molecule has 1 saturated heterocycles. The second-order valence-electron chi connectivity index (χ2n) is 3.79. The predicted molar refractivity (Wildman–Crippen MR) is 58.2 cm³/mol. The van der Waals surface area contributed by atoms with Crippen LogP contribution in [0.3, 0.4) is 0 Å². The highest BCUT2D eigenvalue weighted by Gasteiger charge is 2.23. The summed E-state index contributed by atoms with van der Waals surface area (Å²) in [6.07, 6.45) is 2.19. The van der Waals surface area contributed by atoms with E-state index in [4.69, 9.17) is 10.00 Å². The van der Waals surface area contributed by atoms with Crippen molar-refractivity contribution in [1.82, 2.24) is 14.6 Å². The average Bonchev–Trinajstić information content (AvgIpc) is 2.90. The Bertz CT molecular complexity index is 573. The van der Waals surface area contributed by atoms with Gasteiger partial charge in [-0.1, -0.05) is 11.3 Å². The van der Waals surface area contributed by atoms with Crippen molar-refractivity contribution in [2.45, 2.75) is 25.9 Å². The molecule has 3 rings (SSSR count). The van der Waals surface area contributed by atoms with Crippen LogP contribution in [0.4, 0.5) is 0 Å². The number of nitriles is 1. The molecule has 1 aliphatic rings. The molecule has 1 aliphatic heterocycles. The Labute approximate surface area is 96.3 Å². The number of imidazole rings is 1. The smallest absolute Gasteiger partial charge is 0.213 e. The number of nitrogens with zero attached hydrogens (tertiary/aromatic N) is 4. The van der Waals surface area contributed by atoms with Crippen LogP contribution in [0.25, 0.3) is 4.96 Å². The molecular formula is C10H10N4OS. The maximum Gasteiger partial charge on any atom is 0.213 e. The zero-order valence-electron chi connectivity index (χ0n) is 8.80. The fourth-order valence-corrected chi connectivity index (χ4v) is 2.92. The van der Waals surface area contributed by atoms with Crippen molar-refractivity contribution in [2.75, 3.05) is 6.61 Å². The van der Waals surface area contributed by atoms with E-state index in [1.807, 2.05) is 6.92 Å². The molecule has 1 fully saturated rings. The lowest BCUT2D eigenvalue weighted by Crippen LogP contribution is -1.97. The Morgan fingerprint density at radius 1 is 1.62 bits per heavy atom. The fraction of sp³-hybridized carbons (Fsp3) is 0.500. The highest BCUT2D eigenvalue weighted by atomic mass is 32.1. The van der Waals surface area contributed by atoms with Crippen molar-refractivity contribution < 1.29 is 4.74 Å². The number of ether oxygens (including phenoxy) is 1. The minimum Gasteiger partial charge on any atom is -0.371 e. The van der Waals surface area contributed by atoms with Gasteiger partial charge in [0.1, 0.15) is 17.2 Å². The van der Waals surface area contributed by atoms with Gasteiger partial charge in [-0.05, 0) is 19.8 Å². The van der Waals surface area contributed by atoms with E-state index in [9.17, 15) is 0 Å². The second kappa shape index (κ2) is 3.54. The predicted octanol–water partition coefficient (Wildman–Crippen LogP) is 1.82. The number of hydrogen-bond acceptors (Lipinski definition) is 5. The summed E-state index contributed by atoms with van der Waals surface area (Å²) in [6.45, 7) is 2.63. The first kappa shape index (κ1) is 9.75. The summed E-state index contributed by atoms with van der Waals surface area (Å²) >= 11 is 1.51. The first-order chi connectivity index (χ1) is 7.79. The van der Waals surface area contributed by atoms with Crippen LogP contribution in [0.1, 0.15) is 35.3 Å². The summed E-state index contributed by atoms with van der Waals surface area (Å²) in [5.41, 5.74) is 1.26. The Hall–Kier alpha value is -1.45. The maximum atomic E-state index is 9.00. The van der Waals surface area contributed by atoms with Gasteiger partial charge in [0.2, 0.25) is 4.96 Å². The normalized spacial score (nSPS) is 20.4. The van der Waals surface area contributed by atoms with Crippen LogP contribution in [0.15, 0.2) is 0 Å². The molecule has 82 valence electrons. The van der Waals surface area contributed by atoms with E-state index >= 15 is 0 Å². The molecule has 0 spiro atoms. The zero-order valence-corrected chi connectivity index (χ0v) is 9.62. The highest BCUT2D eigenvalue weighted by Crippen LogP contribution is 2.31. The van der Waals surface area contributed by atoms with E-state index in [2.05, 4.69) is 16.2 Å². The van der Waals surface area contributed by atoms with Crippen molar-refractivity contribution in [3.05, 3.63) is 16.4 Å². The Morgan fingerprint density at radius 3 is 3.19 bits per heavy atom. The molecule has 1 atom stereocenters. The second-order valence-corrected chi connectivity index (χ2v) is 4.78. The molecule has 0 N–H and O–H groups in total. The molecule has 5 nitrogen and oxygen atoms in total. The lowest BCUT2D eigenvalue weighted by atomic mass is 10.2. The molecule has 0 radical (unpaired) electrons. The van der Waals surface area contributed by atoms with E-state index in [0.717, 1.165) is 35.1 Å². The molecule has 0 amide bonds. The van der Waals surface area contributed by atoms with Crippen LogP contribution in [0, 0.1) is 18.3 Å². The topological polar surface area (TPSA) is 63.2 Å². The van der Waals surface area contributed by atoms with E-state index in [1.54, 1.807) is 4.52 Å². The lowest BCUT2D eigenvalue weighted by Gasteiger charge is -2.02. The SMILES string of the molecule is Cc1nc2sc(C3CCCO3)nn2c1C#N. The number of hydrogen-bond donors (Lipinski definition) is 0. The van der Waals surface area contributed by atoms with Crippen molar-refractivity contribution in [2.24, 2.45) is 0 Å². The quantitative estimate of drug-likeness (QED) is 0.755. The third-order valence-corrected chi connectivity index (χ3v) is 3.70. The van der Waals surface area contributed by atoms with Crippen LogP contribution in [0.5, 0.6) is 0 Å². The molecule has 0 bridgehead atoms. The summed E-state index contributed by atoms with van der Waals surface area (Å²) in [5, 5.41) is 14.3. The first-order valence-electron chi connectivity index (χ1n) is 5.17. The van der Waals surface area contributed by atoms with Gasteiger partial charge in [0.15, 0.2) is 5.69 Å². The van der Waals surface area contributed by atoms with Crippen molar-refractivity contribution in [3.63, 3.8) is 0 Å². The van der Waals surface area contributed by atoms with Crippen LogP contribution >= 0.6 is 11.3 Å². The van der Waals surface area contributed by atoms with E-state index in [-0.39, 0.29) is 6.10 Å². The van der Waals surface area contributed by atoms with E-state index in [0.29, 0.717) is 5.69 Å². The van der Waals surface area contributed by atoms with Gasteiger partial charge in [-0.25, -0.2) is 4.98 Å². The monoisotopic (exact) mass is 234 g/mol. The number of aromatic nitrogens is 3. The van der Waals surface area contributed by atoms with Crippen molar-refractivity contribution >= 4 is 16.3 Å². The molecule has 2 aromatic heterocycles. The highest BCUT2D eigenvalue weighted by molar-refractivity contribution is 7.16. The van der Waals surface area contributed by atoms with E-state index in [1.165, 1.54) is 11.3 Å². The third kappa shape index (κ3) is 1.32. The van der Waals surface area contributed by atoms with Crippen LogP contribution in [0.2, 0.25) is 0 Å². The van der Waals surface area contributed by atoms with Gasteiger partial charge in [-0.2, -0.15) is 14.9 Å². The van der Waals surface area contributed by atoms with Crippen molar-refractivity contribution in [3.8, 4) is 6.07 Å². The van der Waals surface area contributed by atoms with Gasteiger partial charge < -0.3 is 4.74 Å². The summed E-state index contributed by atoms with van der Waals surface area (Å²) in [4.78, 5) is 5.09. The molecule has 0 aliphatic carbocycles. The molecular weight excluding hydrogens is 224 g/mol. The molecule has 3 heterocycles. The van der Waals surface area contributed by atoms with Crippen LogP contribution in [-0.4, -0.2) is 21.2 Å². The van der Waals surface area contributed by atoms with Gasteiger partial charge in [0, 0.05) is 6.61 Å². The molecule has 2 aromatic rings.